The van der Waals surface area contributed by atoms with Gasteiger partial charge in [-0.25, -0.2) is 0 Å². The van der Waals surface area contributed by atoms with E-state index in [4.69, 9.17) is 9.47 Å². The minimum atomic E-state index is -0.665. The van der Waals surface area contributed by atoms with E-state index < -0.39 is 5.66 Å². The molecule has 1 unspecified atom stereocenters. The first-order chi connectivity index (χ1) is 15.6. The van der Waals surface area contributed by atoms with Gasteiger partial charge < -0.3 is 19.7 Å². The lowest BCUT2D eigenvalue weighted by Crippen LogP contribution is -2.56. The van der Waals surface area contributed by atoms with Gasteiger partial charge in [-0.05, 0) is 48.7 Å². The molecule has 0 spiro atoms. The number of amides is 1. The number of methoxy groups -OCH3 is 1. The second-order valence-corrected chi connectivity index (χ2v) is 8.15. The van der Waals surface area contributed by atoms with E-state index in [1.807, 2.05) is 71.6 Å². The summed E-state index contributed by atoms with van der Waals surface area (Å²) in [6.45, 7) is 3.88. The van der Waals surface area contributed by atoms with Crippen molar-refractivity contribution in [1.29, 1.82) is 0 Å². The number of ether oxygens (including phenoxy) is 2. The number of carbonyl (C=O) groups excluding carboxylic acids is 1. The molecular weight excluding hydrogens is 400 g/mol. The first-order valence-corrected chi connectivity index (χ1v) is 11.1. The molecule has 1 aliphatic rings. The summed E-state index contributed by atoms with van der Waals surface area (Å²) in [5, 5.41) is 3.60. The number of anilines is 1. The van der Waals surface area contributed by atoms with E-state index >= 15 is 0 Å². The average Bonchev–Trinajstić information content (AvgIpc) is 2.82. The van der Waals surface area contributed by atoms with Crippen molar-refractivity contribution in [2.45, 2.75) is 25.4 Å². The Morgan fingerprint density at radius 1 is 0.906 bits per heavy atom. The van der Waals surface area contributed by atoms with Gasteiger partial charge >= 0.3 is 0 Å². The number of nitrogens with one attached hydrogen (secondary N) is 1. The van der Waals surface area contributed by atoms with Gasteiger partial charge in [-0.1, -0.05) is 54.6 Å². The fraction of sp³-hybridized carbons (Fsp3) is 0.296. The van der Waals surface area contributed by atoms with E-state index in [9.17, 15) is 4.79 Å². The quantitative estimate of drug-likeness (QED) is 0.481. The normalized spacial score (nSPS) is 17.6. The lowest BCUT2D eigenvalue weighted by molar-refractivity contribution is 0.0504. The van der Waals surface area contributed by atoms with Crippen LogP contribution in [-0.4, -0.2) is 37.7 Å². The largest absolute Gasteiger partial charge is 0.493 e. The average molecular weight is 431 g/mol. The Kier molecular flexibility index (Phi) is 6.76. The van der Waals surface area contributed by atoms with E-state index in [-0.39, 0.29) is 5.91 Å². The maximum Gasteiger partial charge on any atom is 0.258 e. The topological polar surface area (TPSA) is 50.8 Å². The molecule has 0 bridgehead atoms. The molecule has 5 nitrogen and oxygen atoms in total. The predicted molar refractivity (Wildman–Crippen MR) is 127 cm³/mol. The van der Waals surface area contributed by atoms with Crippen molar-refractivity contribution in [3.63, 3.8) is 0 Å². The summed E-state index contributed by atoms with van der Waals surface area (Å²) >= 11 is 0. The molecule has 3 aromatic rings. The number of benzene rings is 3. The van der Waals surface area contributed by atoms with Crippen LogP contribution in [0.1, 0.15) is 34.8 Å². The molecule has 166 valence electrons. The first-order valence-electron chi connectivity index (χ1n) is 11.1. The zero-order valence-corrected chi connectivity index (χ0v) is 18.7. The Morgan fingerprint density at radius 2 is 1.62 bits per heavy atom. The van der Waals surface area contributed by atoms with Crippen LogP contribution in [-0.2, 0) is 16.8 Å². The van der Waals surface area contributed by atoms with Crippen LogP contribution < -0.4 is 10.1 Å². The molecule has 4 rings (SSSR count). The third-order valence-corrected chi connectivity index (χ3v) is 5.97. The van der Waals surface area contributed by atoms with Crippen molar-refractivity contribution in [1.82, 2.24) is 4.90 Å². The van der Waals surface area contributed by atoms with Gasteiger partial charge in [-0.15, -0.1) is 0 Å². The van der Waals surface area contributed by atoms with Crippen molar-refractivity contribution in [3.8, 4) is 5.75 Å². The summed E-state index contributed by atoms with van der Waals surface area (Å²) in [7, 11) is 1.68. The smallest absolute Gasteiger partial charge is 0.258 e. The Balaban J connectivity index is 1.52. The molecule has 0 aromatic heterocycles. The summed E-state index contributed by atoms with van der Waals surface area (Å²) in [5.74, 6) is 0.850. The molecule has 0 saturated heterocycles. The van der Waals surface area contributed by atoms with Gasteiger partial charge in [0.2, 0.25) is 0 Å². The molecule has 0 radical (unpaired) electrons. The number of nitrogens with zero attached hydrogens (tertiary/aromatic N) is 1. The second-order valence-electron chi connectivity index (χ2n) is 8.15. The third kappa shape index (κ3) is 4.63. The monoisotopic (exact) mass is 430 g/mol. The molecule has 1 amide bonds. The van der Waals surface area contributed by atoms with Gasteiger partial charge in [0, 0.05) is 32.4 Å². The first kappa shape index (κ1) is 21.9. The van der Waals surface area contributed by atoms with Gasteiger partial charge in [0.1, 0.15) is 11.4 Å². The van der Waals surface area contributed by atoms with Gasteiger partial charge in [-0.3, -0.25) is 4.79 Å². The second kappa shape index (κ2) is 9.88. The summed E-state index contributed by atoms with van der Waals surface area (Å²) < 4.78 is 11.2. The standard InChI is InChI=1S/C27H30N2O3/c1-27(22-13-15-23(16-14-22)32-20-17-21-9-4-3-5-10-21)28-25-12-7-6-11-24(25)26(30)29(27)18-8-19-31-2/h3-7,9-16,28H,8,17-20H2,1-2H3. The number of rotatable bonds is 9. The van der Waals surface area contributed by atoms with Crippen LogP contribution in [0.5, 0.6) is 5.75 Å². The van der Waals surface area contributed by atoms with Crippen LogP contribution in [0.3, 0.4) is 0 Å². The van der Waals surface area contributed by atoms with Crippen molar-refractivity contribution >= 4 is 11.6 Å². The Morgan fingerprint density at radius 3 is 2.38 bits per heavy atom. The summed E-state index contributed by atoms with van der Waals surface area (Å²) in [4.78, 5) is 15.3. The lowest BCUT2D eigenvalue weighted by Gasteiger charge is -2.47. The molecule has 1 N–H and O–H groups in total. The minimum absolute atomic E-state index is 0.0288. The zero-order valence-electron chi connectivity index (χ0n) is 18.7. The summed E-state index contributed by atoms with van der Waals surface area (Å²) in [5.41, 5.74) is 3.15. The van der Waals surface area contributed by atoms with Crippen LogP contribution in [0, 0.1) is 0 Å². The molecule has 0 aliphatic carbocycles. The van der Waals surface area contributed by atoms with Crippen LogP contribution in [0.2, 0.25) is 0 Å². The maximum atomic E-state index is 13.4. The fourth-order valence-electron chi connectivity index (χ4n) is 4.18. The van der Waals surface area contributed by atoms with Crippen molar-refractivity contribution in [2.75, 3.05) is 32.2 Å². The molecule has 0 fully saturated rings. The van der Waals surface area contributed by atoms with Crippen molar-refractivity contribution in [2.24, 2.45) is 0 Å². The van der Waals surface area contributed by atoms with E-state index in [0.29, 0.717) is 25.3 Å². The van der Waals surface area contributed by atoms with Crippen molar-refractivity contribution < 1.29 is 14.3 Å². The Bertz CT molecular complexity index is 1040. The lowest BCUT2D eigenvalue weighted by atomic mass is 9.93. The minimum Gasteiger partial charge on any atom is -0.493 e. The van der Waals surface area contributed by atoms with Crippen LogP contribution in [0.15, 0.2) is 78.9 Å². The molecule has 32 heavy (non-hydrogen) atoms. The maximum absolute atomic E-state index is 13.4. The Labute approximate surface area is 190 Å². The SMILES string of the molecule is COCCCN1C(=O)c2ccccc2NC1(C)c1ccc(OCCc2ccccc2)cc1. The molecule has 1 aliphatic heterocycles. The number of hydrogen-bond acceptors (Lipinski definition) is 4. The van der Waals surface area contributed by atoms with E-state index in [1.54, 1.807) is 7.11 Å². The molecule has 1 heterocycles. The fourth-order valence-corrected chi connectivity index (χ4v) is 4.18. The zero-order chi connectivity index (χ0) is 22.4. The number of fused-ring (bicyclic) bond motifs is 1. The molecule has 0 saturated carbocycles. The predicted octanol–water partition coefficient (Wildman–Crippen LogP) is 5.09. The Hall–Kier alpha value is -3.31. The molecule has 5 heteroatoms. The number of para-hydroxylation sites is 1. The highest BCUT2D eigenvalue weighted by atomic mass is 16.5. The summed E-state index contributed by atoms with van der Waals surface area (Å²) in [6.07, 6.45) is 1.63. The highest BCUT2D eigenvalue weighted by molar-refractivity contribution is 6.02. The van der Waals surface area contributed by atoms with Crippen LogP contribution in [0.4, 0.5) is 5.69 Å². The molecular formula is C27H30N2O3. The number of carbonyl (C=O) groups is 1. The summed E-state index contributed by atoms with van der Waals surface area (Å²) in [6, 6.07) is 26.0. The highest BCUT2D eigenvalue weighted by Gasteiger charge is 2.42. The molecule has 3 aromatic carbocycles. The third-order valence-electron chi connectivity index (χ3n) is 5.97. The van der Waals surface area contributed by atoms with Crippen molar-refractivity contribution in [3.05, 3.63) is 95.6 Å². The van der Waals surface area contributed by atoms with Gasteiger partial charge in [0.05, 0.1) is 12.2 Å². The van der Waals surface area contributed by atoms with E-state index in [2.05, 4.69) is 24.4 Å². The number of hydrogen-bond donors (Lipinski definition) is 1. The molecule has 1 atom stereocenters. The highest BCUT2D eigenvalue weighted by Crippen LogP contribution is 2.38. The van der Waals surface area contributed by atoms with Gasteiger partial charge in [0.15, 0.2) is 0 Å². The van der Waals surface area contributed by atoms with E-state index in [0.717, 1.165) is 29.8 Å². The van der Waals surface area contributed by atoms with Crippen LogP contribution in [0.25, 0.3) is 0 Å². The van der Waals surface area contributed by atoms with Crippen LogP contribution >= 0.6 is 0 Å². The van der Waals surface area contributed by atoms with E-state index in [1.165, 1.54) is 5.56 Å². The van der Waals surface area contributed by atoms with Gasteiger partial charge in [-0.2, -0.15) is 0 Å². The van der Waals surface area contributed by atoms with Gasteiger partial charge in [0.25, 0.3) is 5.91 Å².